The van der Waals surface area contributed by atoms with Crippen molar-refractivity contribution >= 4 is 54.4 Å². The predicted molar refractivity (Wildman–Crippen MR) is 102 cm³/mol. The van der Waals surface area contributed by atoms with Crippen LogP contribution in [0.5, 0.6) is 0 Å². The summed E-state index contributed by atoms with van der Waals surface area (Å²) in [5.74, 6) is 0.666. The summed E-state index contributed by atoms with van der Waals surface area (Å²) in [7, 11) is -3.77. The lowest BCUT2D eigenvalue weighted by molar-refractivity contribution is 0.102. The Balaban J connectivity index is 1.85. The minimum atomic E-state index is -3.77. The van der Waals surface area contributed by atoms with Crippen molar-refractivity contribution in [1.82, 2.24) is 4.98 Å². The normalized spacial score (nSPS) is 11.6. The van der Waals surface area contributed by atoms with Gasteiger partial charge in [0.25, 0.3) is 5.91 Å². The highest BCUT2D eigenvalue weighted by Gasteiger charge is 2.13. The molecule has 0 aliphatic carbocycles. The standard InChI is InChI=1S/C16H15N3O3S3/c1-2-23-11-5-3-4-10(8-11)15(20)19-16-18-13-7-6-12(25(17,21)22)9-14(13)24-16/h3-9H,2H2,1H3,(H2,17,21,22)(H,18,19,20). The number of primary sulfonamides is 1. The molecule has 2 aromatic carbocycles. The molecule has 6 nitrogen and oxygen atoms in total. The Morgan fingerprint density at radius 1 is 1.28 bits per heavy atom. The first-order valence-corrected chi connectivity index (χ1v) is 10.7. The van der Waals surface area contributed by atoms with E-state index in [-0.39, 0.29) is 10.8 Å². The summed E-state index contributed by atoms with van der Waals surface area (Å²) in [5, 5.41) is 8.29. The fourth-order valence-corrected chi connectivity index (χ4v) is 4.43. The first kappa shape index (κ1) is 17.9. The summed E-state index contributed by atoms with van der Waals surface area (Å²) in [5.41, 5.74) is 1.14. The van der Waals surface area contributed by atoms with E-state index in [1.807, 2.05) is 25.1 Å². The summed E-state index contributed by atoms with van der Waals surface area (Å²) in [6.07, 6.45) is 0. The number of fused-ring (bicyclic) bond motifs is 1. The van der Waals surface area contributed by atoms with Crippen LogP contribution < -0.4 is 10.5 Å². The van der Waals surface area contributed by atoms with Crippen LogP contribution in [0.2, 0.25) is 0 Å². The van der Waals surface area contributed by atoms with Gasteiger partial charge in [-0.3, -0.25) is 10.1 Å². The van der Waals surface area contributed by atoms with Crippen LogP contribution in [0.4, 0.5) is 5.13 Å². The molecule has 3 aromatic rings. The summed E-state index contributed by atoms with van der Waals surface area (Å²) in [6.45, 7) is 2.05. The third-order valence-corrected chi connectivity index (χ3v) is 6.04. The van der Waals surface area contributed by atoms with E-state index >= 15 is 0 Å². The number of hydrogen-bond donors (Lipinski definition) is 2. The van der Waals surface area contributed by atoms with E-state index in [1.54, 1.807) is 23.9 Å². The third kappa shape index (κ3) is 4.18. The average Bonchev–Trinajstić information content (AvgIpc) is 2.96. The maximum Gasteiger partial charge on any atom is 0.257 e. The second kappa shape index (κ2) is 7.12. The molecule has 0 saturated carbocycles. The van der Waals surface area contributed by atoms with Gasteiger partial charge in [0.2, 0.25) is 10.0 Å². The Labute approximate surface area is 153 Å². The molecule has 1 aromatic heterocycles. The molecule has 3 N–H and O–H groups in total. The van der Waals surface area contributed by atoms with Gasteiger partial charge in [-0.1, -0.05) is 24.3 Å². The van der Waals surface area contributed by atoms with Crippen LogP contribution in [-0.4, -0.2) is 25.1 Å². The molecule has 9 heteroatoms. The summed E-state index contributed by atoms with van der Waals surface area (Å²) in [6, 6.07) is 11.8. The lowest BCUT2D eigenvalue weighted by atomic mass is 10.2. The minimum Gasteiger partial charge on any atom is -0.298 e. The number of anilines is 1. The first-order chi connectivity index (χ1) is 11.9. The fraction of sp³-hybridized carbons (Fsp3) is 0.125. The van der Waals surface area contributed by atoms with Gasteiger partial charge in [0.15, 0.2) is 5.13 Å². The molecule has 0 unspecified atom stereocenters. The van der Waals surface area contributed by atoms with Crippen LogP contribution in [0.1, 0.15) is 17.3 Å². The van der Waals surface area contributed by atoms with Gasteiger partial charge in [-0.05, 0) is 42.2 Å². The highest BCUT2D eigenvalue weighted by atomic mass is 32.2. The maximum absolute atomic E-state index is 12.4. The van der Waals surface area contributed by atoms with E-state index < -0.39 is 10.0 Å². The van der Waals surface area contributed by atoms with Crippen LogP contribution in [0.3, 0.4) is 0 Å². The number of nitrogens with two attached hydrogens (primary N) is 1. The molecular formula is C16H15N3O3S3. The number of thiazole rings is 1. The van der Waals surface area contributed by atoms with Crippen molar-refractivity contribution in [3.63, 3.8) is 0 Å². The number of sulfonamides is 1. The molecule has 0 fully saturated rings. The van der Waals surface area contributed by atoms with Gasteiger partial charge >= 0.3 is 0 Å². The zero-order valence-corrected chi connectivity index (χ0v) is 15.7. The van der Waals surface area contributed by atoms with Gasteiger partial charge in [-0.15, -0.1) is 11.8 Å². The molecule has 0 saturated heterocycles. The minimum absolute atomic E-state index is 0.0193. The largest absolute Gasteiger partial charge is 0.298 e. The number of rotatable bonds is 5. The van der Waals surface area contributed by atoms with Gasteiger partial charge in [0.05, 0.1) is 15.1 Å². The van der Waals surface area contributed by atoms with E-state index in [4.69, 9.17) is 5.14 Å². The van der Waals surface area contributed by atoms with Gasteiger partial charge in [0.1, 0.15) is 0 Å². The van der Waals surface area contributed by atoms with E-state index in [0.717, 1.165) is 10.6 Å². The Kier molecular flexibility index (Phi) is 5.09. The second-order valence-electron chi connectivity index (χ2n) is 5.11. The predicted octanol–water partition coefficient (Wildman–Crippen LogP) is 3.31. The van der Waals surface area contributed by atoms with Crippen molar-refractivity contribution in [2.75, 3.05) is 11.1 Å². The number of carbonyl (C=O) groups excluding carboxylic acids is 1. The topological polar surface area (TPSA) is 102 Å². The molecule has 0 aliphatic heterocycles. The van der Waals surface area contributed by atoms with Gasteiger partial charge in [-0.2, -0.15) is 0 Å². The molecule has 3 rings (SSSR count). The number of thioether (sulfide) groups is 1. The van der Waals surface area contributed by atoms with Crippen LogP contribution in [0.15, 0.2) is 52.3 Å². The van der Waals surface area contributed by atoms with E-state index in [9.17, 15) is 13.2 Å². The second-order valence-corrected chi connectivity index (χ2v) is 9.04. The fourth-order valence-electron chi connectivity index (χ4n) is 2.20. The molecule has 1 amide bonds. The number of nitrogens with zero attached hydrogens (tertiary/aromatic N) is 1. The molecule has 1 heterocycles. The number of amides is 1. The third-order valence-electron chi connectivity index (χ3n) is 3.32. The highest BCUT2D eigenvalue weighted by molar-refractivity contribution is 7.99. The molecule has 25 heavy (non-hydrogen) atoms. The number of nitrogens with one attached hydrogen (secondary N) is 1. The van der Waals surface area contributed by atoms with Crippen LogP contribution in [0, 0.1) is 0 Å². The molecular weight excluding hydrogens is 378 g/mol. The molecule has 130 valence electrons. The van der Waals surface area contributed by atoms with Gasteiger partial charge in [0, 0.05) is 10.5 Å². The molecule has 0 radical (unpaired) electrons. The van der Waals surface area contributed by atoms with Crippen LogP contribution in [-0.2, 0) is 10.0 Å². The quantitative estimate of drug-likeness (QED) is 0.648. The van der Waals surface area contributed by atoms with Crippen molar-refractivity contribution in [3.05, 3.63) is 48.0 Å². The van der Waals surface area contributed by atoms with Gasteiger partial charge in [-0.25, -0.2) is 18.5 Å². The monoisotopic (exact) mass is 393 g/mol. The Bertz CT molecular complexity index is 1040. The zero-order valence-electron chi connectivity index (χ0n) is 13.2. The smallest absolute Gasteiger partial charge is 0.257 e. The van der Waals surface area contributed by atoms with Crippen molar-refractivity contribution in [1.29, 1.82) is 0 Å². The SMILES string of the molecule is CCSc1cccc(C(=O)Nc2nc3ccc(S(N)(=O)=O)cc3s2)c1. The molecule has 0 bridgehead atoms. The summed E-state index contributed by atoms with van der Waals surface area (Å²) >= 11 is 2.86. The number of aromatic nitrogens is 1. The maximum atomic E-state index is 12.4. The zero-order chi connectivity index (χ0) is 18.0. The lowest BCUT2D eigenvalue weighted by Crippen LogP contribution is -2.11. The number of benzene rings is 2. The van der Waals surface area contributed by atoms with Crippen LogP contribution >= 0.6 is 23.1 Å². The lowest BCUT2D eigenvalue weighted by Gasteiger charge is -2.04. The number of hydrogen-bond acceptors (Lipinski definition) is 6. The van der Waals surface area contributed by atoms with Crippen molar-refractivity contribution in [2.24, 2.45) is 5.14 Å². The molecule has 0 spiro atoms. The van der Waals surface area contributed by atoms with E-state index in [0.29, 0.717) is 20.9 Å². The first-order valence-electron chi connectivity index (χ1n) is 7.34. The summed E-state index contributed by atoms with van der Waals surface area (Å²) < 4.78 is 23.5. The summed E-state index contributed by atoms with van der Waals surface area (Å²) in [4.78, 5) is 17.8. The van der Waals surface area contributed by atoms with Crippen molar-refractivity contribution in [2.45, 2.75) is 16.7 Å². The van der Waals surface area contributed by atoms with Crippen molar-refractivity contribution in [3.8, 4) is 0 Å². The number of carbonyl (C=O) groups is 1. The Morgan fingerprint density at radius 2 is 2.08 bits per heavy atom. The van der Waals surface area contributed by atoms with E-state index in [1.165, 1.54) is 23.5 Å². The molecule has 0 atom stereocenters. The Hall–Kier alpha value is -1.94. The highest BCUT2D eigenvalue weighted by Crippen LogP contribution is 2.28. The van der Waals surface area contributed by atoms with Gasteiger partial charge < -0.3 is 0 Å². The van der Waals surface area contributed by atoms with Crippen LogP contribution in [0.25, 0.3) is 10.2 Å². The Morgan fingerprint density at radius 3 is 2.80 bits per heavy atom. The van der Waals surface area contributed by atoms with Crippen molar-refractivity contribution < 1.29 is 13.2 Å². The van der Waals surface area contributed by atoms with E-state index in [2.05, 4.69) is 10.3 Å². The molecule has 0 aliphatic rings. The average molecular weight is 394 g/mol.